The van der Waals surface area contributed by atoms with Gasteiger partial charge in [-0.3, -0.25) is 9.13 Å². The fourth-order valence-corrected chi connectivity index (χ4v) is 4.15. The molecule has 4 aromatic rings. The molecule has 1 N–H and O–H groups in total. The summed E-state index contributed by atoms with van der Waals surface area (Å²) in [7, 11) is 0. The van der Waals surface area contributed by atoms with Crippen molar-refractivity contribution in [3.05, 3.63) is 118 Å². The third-order valence-corrected chi connectivity index (χ3v) is 5.68. The van der Waals surface area contributed by atoms with Crippen LogP contribution in [-0.2, 0) is 19.5 Å². The smallest absolute Gasteiger partial charge is 0.336 e. The SMILES string of the molecule is CC(C)Cc1cn(Cc2ccccc2)c(=O)n1Cc1ccc(-c2ccccc2)c(C(=O)O)c1. The molecule has 4 rings (SSSR count). The standard InChI is InChI=1S/C28H28N2O3/c1-20(2)15-24-19-29(17-21-9-5-3-6-10-21)28(33)30(24)18-22-13-14-25(26(16-22)27(31)32)23-11-7-4-8-12-23/h3-14,16,19-20H,15,17-18H2,1-2H3,(H,31,32). The lowest BCUT2D eigenvalue weighted by Crippen LogP contribution is -2.26. The number of carboxylic acid groups (broad SMARTS) is 1. The lowest BCUT2D eigenvalue weighted by atomic mass is 9.97. The van der Waals surface area contributed by atoms with Crippen LogP contribution in [0.3, 0.4) is 0 Å². The molecule has 168 valence electrons. The predicted molar refractivity (Wildman–Crippen MR) is 131 cm³/mol. The Balaban J connectivity index is 1.71. The molecule has 5 nitrogen and oxygen atoms in total. The summed E-state index contributed by atoms with van der Waals surface area (Å²) in [5.74, 6) is -0.592. The van der Waals surface area contributed by atoms with Gasteiger partial charge in [-0.05, 0) is 40.7 Å². The Hall–Kier alpha value is -3.86. The first-order chi connectivity index (χ1) is 15.9. The number of carbonyl (C=O) groups is 1. The average molecular weight is 441 g/mol. The van der Waals surface area contributed by atoms with Crippen LogP contribution in [-0.4, -0.2) is 20.2 Å². The third kappa shape index (κ3) is 5.14. The minimum absolute atomic E-state index is 0.0847. The molecule has 0 bridgehead atoms. The van der Waals surface area contributed by atoms with E-state index in [-0.39, 0.29) is 11.3 Å². The van der Waals surface area contributed by atoms with Gasteiger partial charge >= 0.3 is 11.7 Å². The molecule has 1 heterocycles. The van der Waals surface area contributed by atoms with Gasteiger partial charge in [0.05, 0.1) is 18.7 Å². The monoisotopic (exact) mass is 440 g/mol. The van der Waals surface area contributed by atoms with Gasteiger partial charge in [-0.1, -0.05) is 86.6 Å². The van der Waals surface area contributed by atoms with E-state index in [4.69, 9.17) is 0 Å². The first kappa shape index (κ1) is 22.3. The maximum atomic E-state index is 13.3. The van der Waals surface area contributed by atoms with Crippen LogP contribution >= 0.6 is 0 Å². The minimum Gasteiger partial charge on any atom is -0.478 e. The number of aromatic carboxylic acids is 1. The topological polar surface area (TPSA) is 64.2 Å². The van der Waals surface area contributed by atoms with Crippen molar-refractivity contribution in [2.24, 2.45) is 5.92 Å². The Labute approximate surface area is 193 Å². The van der Waals surface area contributed by atoms with E-state index in [1.165, 1.54) is 0 Å². The zero-order valence-corrected chi connectivity index (χ0v) is 18.9. The van der Waals surface area contributed by atoms with E-state index >= 15 is 0 Å². The molecule has 0 saturated heterocycles. The van der Waals surface area contributed by atoms with Gasteiger partial charge in [0.1, 0.15) is 0 Å². The summed E-state index contributed by atoms with van der Waals surface area (Å²) in [4.78, 5) is 25.3. The Bertz CT molecular complexity index is 1300. The van der Waals surface area contributed by atoms with Crippen LogP contribution in [0.5, 0.6) is 0 Å². The zero-order chi connectivity index (χ0) is 23.4. The number of carboxylic acids is 1. The highest BCUT2D eigenvalue weighted by Crippen LogP contribution is 2.25. The maximum Gasteiger partial charge on any atom is 0.336 e. The van der Waals surface area contributed by atoms with Crippen molar-refractivity contribution in [3.63, 3.8) is 0 Å². The third-order valence-electron chi connectivity index (χ3n) is 5.68. The summed E-state index contributed by atoms with van der Waals surface area (Å²) >= 11 is 0. The number of imidazole rings is 1. The lowest BCUT2D eigenvalue weighted by Gasteiger charge is -2.12. The molecule has 0 saturated carbocycles. The van der Waals surface area contributed by atoms with Gasteiger partial charge in [-0.2, -0.15) is 0 Å². The quantitative estimate of drug-likeness (QED) is 0.404. The van der Waals surface area contributed by atoms with Gasteiger partial charge in [0.2, 0.25) is 0 Å². The van der Waals surface area contributed by atoms with Crippen LogP contribution in [0.2, 0.25) is 0 Å². The molecule has 0 aliphatic carbocycles. The Morgan fingerprint density at radius 3 is 2.18 bits per heavy atom. The normalized spacial score (nSPS) is 11.1. The van der Waals surface area contributed by atoms with Crippen LogP contribution < -0.4 is 5.69 Å². The average Bonchev–Trinajstić information content (AvgIpc) is 3.08. The number of hydrogen-bond acceptors (Lipinski definition) is 2. The van der Waals surface area contributed by atoms with Crippen molar-refractivity contribution >= 4 is 5.97 Å². The fourth-order valence-electron chi connectivity index (χ4n) is 4.15. The molecular formula is C28H28N2O3. The summed E-state index contributed by atoms with van der Waals surface area (Å²) in [6, 6.07) is 24.8. The zero-order valence-electron chi connectivity index (χ0n) is 18.9. The molecule has 33 heavy (non-hydrogen) atoms. The molecule has 0 amide bonds. The summed E-state index contributed by atoms with van der Waals surface area (Å²) in [6.45, 7) is 5.09. The van der Waals surface area contributed by atoms with Gasteiger partial charge in [-0.15, -0.1) is 0 Å². The molecule has 0 unspecified atom stereocenters. The highest BCUT2D eigenvalue weighted by atomic mass is 16.4. The Morgan fingerprint density at radius 2 is 1.55 bits per heavy atom. The van der Waals surface area contributed by atoms with Crippen molar-refractivity contribution in [2.75, 3.05) is 0 Å². The number of rotatable bonds is 8. The van der Waals surface area contributed by atoms with Crippen LogP contribution in [0.1, 0.15) is 41.0 Å². The molecule has 0 atom stereocenters. The summed E-state index contributed by atoms with van der Waals surface area (Å²) in [5.41, 5.74) is 4.48. The fraction of sp³-hybridized carbons (Fsp3) is 0.214. The Kier molecular flexibility index (Phi) is 6.59. The lowest BCUT2D eigenvalue weighted by molar-refractivity contribution is 0.0697. The van der Waals surface area contributed by atoms with E-state index in [9.17, 15) is 14.7 Å². The van der Waals surface area contributed by atoms with E-state index in [1.54, 1.807) is 15.2 Å². The number of nitrogens with zero attached hydrogens (tertiary/aromatic N) is 2. The van der Waals surface area contributed by atoms with Gasteiger partial charge in [0.25, 0.3) is 0 Å². The highest BCUT2D eigenvalue weighted by molar-refractivity contribution is 5.96. The molecular weight excluding hydrogens is 412 g/mol. The van der Waals surface area contributed by atoms with Crippen LogP contribution in [0.4, 0.5) is 0 Å². The summed E-state index contributed by atoms with van der Waals surface area (Å²) in [5, 5.41) is 9.84. The predicted octanol–water partition coefficient (Wildman–Crippen LogP) is 5.31. The largest absolute Gasteiger partial charge is 0.478 e. The molecule has 3 aromatic carbocycles. The second kappa shape index (κ2) is 9.74. The number of aromatic nitrogens is 2. The molecule has 5 heteroatoms. The summed E-state index contributed by atoms with van der Waals surface area (Å²) in [6.07, 6.45) is 2.71. The molecule has 0 aliphatic heterocycles. The van der Waals surface area contributed by atoms with Gasteiger partial charge in [0.15, 0.2) is 0 Å². The van der Waals surface area contributed by atoms with Crippen LogP contribution in [0.15, 0.2) is 89.9 Å². The molecule has 0 spiro atoms. The van der Waals surface area contributed by atoms with E-state index in [1.807, 2.05) is 79.0 Å². The van der Waals surface area contributed by atoms with E-state index in [2.05, 4.69) is 13.8 Å². The van der Waals surface area contributed by atoms with Gasteiger partial charge < -0.3 is 5.11 Å². The van der Waals surface area contributed by atoms with Crippen molar-refractivity contribution < 1.29 is 9.90 Å². The van der Waals surface area contributed by atoms with Crippen molar-refractivity contribution in [1.29, 1.82) is 0 Å². The van der Waals surface area contributed by atoms with Crippen molar-refractivity contribution in [3.8, 4) is 11.1 Å². The van der Waals surface area contributed by atoms with E-state index in [0.717, 1.165) is 28.8 Å². The van der Waals surface area contributed by atoms with Crippen LogP contribution in [0, 0.1) is 5.92 Å². The Morgan fingerprint density at radius 1 is 0.879 bits per heavy atom. The first-order valence-corrected chi connectivity index (χ1v) is 11.2. The van der Waals surface area contributed by atoms with Gasteiger partial charge in [-0.25, -0.2) is 9.59 Å². The number of hydrogen-bond donors (Lipinski definition) is 1. The maximum absolute atomic E-state index is 13.3. The minimum atomic E-state index is -0.980. The second-order valence-electron chi connectivity index (χ2n) is 8.75. The second-order valence-corrected chi connectivity index (χ2v) is 8.75. The molecule has 0 aliphatic rings. The first-order valence-electron chi connectivity index (χ1n) is 11.2. The van der Waals surface area contributed by atoms with Crippen LogP contribution in [0.25, 0.3) is 11.1 Å². The molecule has 0 fully saturated rings. The van der Waals surface area contributed by atoms with Gasteiger partial charge in [0, 0.05) is 11.9 Å². The van der Waals surface area contributed by atoms with E-state index < -0.39 is 5.97 Å². The summed E-state index contributed by atoms with van der Waals surface area (Å²) < 4.78 is 3.51. The van der Waals surface area contributed by atoms with Crippen molar-refractivity contribution in [2.45, 2.75) is 33.4 Å². The molecule has 0 radical (unpaired) electrons. The number of benzene rings is 3. The van der Waals surface area contributed by atoms with Crippen molar-refractivity contribution in [1.82, 2.24) is 9.13 Å². The van der Waals surface area contributed by atoms with E-state index in [0.29, 0.717) is 24.6 Å². The highest BCUT2D eigenvalue weighted by Gasteiger charge is 2.16. The molecule has 1 aromatic heterocycles.